The zero-order chi connectivity index (χ0) is 10.3. The molecule has 0 radical (unpaired) electrons. The van der Waals surface area contributed by atoms with Gasteiger partial charge in [0, 0.05) is 13.1 Å². The first-order valence-electron chi connectivity index (χ1n) is 3.68. The fourth-order valence-corrected chi connectivity index (χ4v) is 0.618. The van der Waals surface area contributed by atoms with Gasteiger partial charge in [-0.05, 0) is 0 Å². The van der Waals surface area contributed by atoms with E-state index in [9.17, 15) is 22.0 Å². The monoisotopic (exact) mass is 206 g/mol. The van der Waals surface area contributed by atoms with Crippen molar-refractivity contribution < 1.29 is 22.0 Å². The Morgan fingerprint density at radius 2 is 1.54 bits per heavy atom. The number of hydrogen-bond acceptors (Lipinski definition) is 2. The molecule has 0 aromatic rings. The average molecular weight is 206 g/mol. The van der Waals surface area contributed by atoms with E-state index in [1.807, 2.05) is 0 Å². The summed E-state index contributed by atoms with van der Waals surface area (Å²) in [7, 11) is 0. The van der Waals surface area contributed by atoms with E-state index in [4.69, 9.17) is 0 Å². The largest absolute Gasteiger partial charge is 0.401 e. The molecule has 0 aromatic carbocycles. The third-order valence-electron chi connectivity index (χ3n) is 1.10. The predicted octanol–water partition coefficient (Wildman–Crippen LogP) is 0.993. The molecule has 80 valence electrons. The smallest absolute Gasteiger partial charge is 0.310 e. The third kappa shape index (κ3) is 11.6. The molecule has 0 amide bonds. The Hall–Kier alpha value is -0.430. The lowest BCUT2D eigenvalue weighted by Gasteiger charge is -2.08. The highest BCUT2D eigenvalue weighted by Crippen LogP contribution is 2.11. The molecule has 0 heterocycles. The molecule has 2 nitrogen and oxygen atoms in total. The number of halogens is 5. The molecule has 0 aromatic heterocycles. The highest BCUT2D eigenvalue weighted by Gasteiger charge is 2.25. The minimum absolute atomic E-state index is 0.0201. The van der Waals surface area contributed by atoms with Crippen molar-refractivity contribution in [2.45, 2.75) is 12.6 Å². The Kier molecular flexibility index (Phi) is 5.89. The van der Waals surface area contributed by atoms with Gasteiger partial charge in [-0.1, -0.05) is 0 Å². The van der Waals surface area contributed by atoms with Crippen molar-refractivity contribution in [3.8, 4) is 0 Å². The van der Waals surface area contributed by atoms with Crippen LogP contribution in [0.15, 0.2) is 0 Å². The summed E-state index contributed by atoms with van der Waals surface area (Å²) in [6.07, 6.45) is -6.72. The number of hydrogen-bond donors (Lipinski definition) is 2. The van der Waals surface area contributed by atoms with E-state index >= 15 is 0 Å². The van der Waals surface area contributed by atoms with Crippen LogP contribution in [0.3, 0.4) is 0 Å². The molecular formula is C6H11F5N2. The number of alkyl halides is 5. The molecule has 0 bridgehead atoms. The summed E-state index contributed by atoms with van der Waals surface area (Å²) < 4.78 is 57.4. The molecule has 0 saturated heterocycles. The first-order chi connectivity index (χ1) is 5.92. The predicted molar refractivity (Wildman–Crippen MR) is 37.8 cm³/mol. The van der Waals surface area contributed by atoms with Gasteiger partial charge in [0.1, 0.15) is 0 Å². The third-order valence-corrected chi connectivity index (χ3v) is 1.10. The van der Waals surface area contributed by atoms with Crippen LogP contribution in [-0.4, -0.2) is 38.8 Å². The van der Waals surface area contributed by atoms with Gasteiger partial charge < -0.3 is 10.6 Å². The number of nitrogens with one attached hydrogen (secondary N) is 2. The molecule has 0 atom stereocenters. The van der Waals surface area contributed by atoms with E-state index in [1.54, 1.807) is 0 Å². The molecule has 0 unspecified atom stereocenters. The highest BCUT2D eigenvalue weighted by atomic mass is 19.4. The first-order valence-corrected chi connectivity index (χ1v) is 3.68. The summed E-state index contributed by atoms with van der Waals surface area (Å²) in [5.74, 6) is 0. The van der Waals surface area contributed by atoms with Crippen LogP contribution in [0.1, 0.15) is 0 Å². The van der Waals surface area contributed by atoms with Gasteiger partial charge in [0.15, 0.2) is 0 Å². The van der Waals surface area contributed by atoms with Crippen LogP contribution in [0, 0.1) is 0 Å². The van der Waals surface area contributed by atoms with Crippen molar-refractivity contribution in [3.63, 3.8) is 0 Å². The van der Waals surface area contributed by atoms with Gasteiger partial charge in [0.2, 0.25) is 0 Å². The maximum atomic E-state index is 11.5. The lowest BCUT2D eigenvalue weighted by atomic mass is 10.5. The lowest BCUT2D eigenvalue weighted by Crippen LogP contribution is -2.35. The van der Waals surface area contributed by atoms with Gasteiger partial charge in [0.05, 0.1) is 13.1 Å². The van der Waals surface area contributed by atoms with E-state index < -0.39 is 25.7 Å². The van der Waals surface area contributed by atoms with Gasteiger partial charge in [-0.15, -0.1) is 0 Å². The van der Waals surface area contributed by atoms with Crippen molar-refractivity contribution in [1.29, 1.82) is 0 Å². The van der Waals surface area contributed by atoms with Crippen LogP contribution in [0.4, 0.5) is 22.0 Å². The van der Waals surface area contributed by atoms with E-state index in [1.165, 1.54) is 0 Å². The second kappa shape index (κ2) is 6.09. The quantitative estimate of drug-likeness (QED) is 0.500. The second-order valence-corrected chi connectivity index (χ2v) is 2.39. The van der Waals surface area contributed by atoms with Gasteiger partial charge in [0.25, 0.3) is 6.43 Å². The number of rotatable bonds is 6. The molecule has 13 heavy (non-hydrogen) atoms. The van der Waals surface area contributed by atoms with Crippen LogP contribution in [0.2, 0.25) is 0 Å². The van der Waals surface area contributed by atoms with Crippen molar-refractivity contribution in [2.75, 3.05) is 26.2 Å². The molecule has 0 fully saturated rings. The summed E-state index contributed by atoms with van der Waals surface area (Å²) in [4.78, 5) is 0. The van der Waals surface area contributed by atoms with Crippen molar-refractivity contribution >= 4 is 0 Å². The molecule has 0 aliphatic heterocycles. The normalized spacial score (nSPS) is 12.5. The molecule has 2 N–H and O–H groups in total. The van der Waals surface area contributed by atoms with Crippen molar-refractivity contribution in [2.24, 2.45) is 0 Å². The SMILES string of the molecule is FC(F)CNCCNCC(F)(F)F. The molecule has 0 spiro atoms. The Bertz CT molecular complexity index is 125. The fraction of sp³-hybridized carbons (Fsp3) is 1.00. The van der Waals surface area contributed by atoms with Crippen LogP contribution in [-0.2, 0) is 0 Å². The summed E-state index contributed by atoms with van der Waals surface area (Å²) in [6.45, 7) is -1.47. The molecular weight excluding hydrogens is 195 g/mol. The van der Waals surface area contributed by atoms with E-state index in [-0.39, 0.29) is 13.1 Å². The lowest BCUT2D eigenvalue weighted by molar-refractivity contribution is -0.124. The summed E-state index contributed by atoms with van der Waals surface area (Å²) in [5.41, 5.74) is 0. The van der Waals surface area contributed by atoms with Crippen LogP contribution in [0.5, 0.6) is 0 Å². The van der Waals surface area contributed by atoms with E-state index in [0.717, 1.165) is 0 Å². The van der Waals surface area contributed by atoms with Gasteiger partial charge in [-0.2, -0.15) is 13.2 Å². The Balaban J connectivity index is 3.09. The van der Waals surface area contributed by atoms with Crippen LogP contribution < -0.4 is 10.6 Å². The first kappa shape index (κ1) is 12.6. The molecule has 0 saturated carbocycles. The van der Waals surface area contributed by atoms with Crippen LogP contribution >= 0.6 is 0 Å². The zero-order valence-electron chi connectivity index (χ0n) is 6.80. The minimum Gasteiger partial charge on any atom is -0.310 e. The summed E-state index contributed by atoms with van der Waals surface area (Å²) >= 11 is 0. The molecule has 0 aliphatic rings. The standard InChI is InChI=1S/C6H11F5N2/c7-5(8)3-12-1-2-13-4-6(9,10)11/h5,12-13H,1-4H2. The zero-order valence-corrected chi connectivity index (χ0v) is 6.80. The maximum Gasteiger partial charge on any atom is 0.401 e. The Morgan fingerprint density at radius 3 is 2.00 bits per heavy atom. The van der Waals surface area contributed by atoms with Gasteiger partial charge in [-0.3, -0.25) is 0 Å². The van der Waals surface area contributed by atoms with Crippen molar-refractivity contribution in [1.82, 2.24) is 10.6 Å². The minimum atomic E-state index is -4.25. The van der Waals surface area contributed by atoms with E-state index in [2.05, 4.69) is 10.6 Å². The average Bonchev–Trinajstić information content (AvgIpc) is 1.93. The van der Waals surface area contributed by atoms with Crippen molar-refractivity contribution in [3.05, 3.63) is 0 Å². The molecule has 0 aliphatic carbocycles. The molecule has 0 rings (SSSR count). The Labute approximate surface area is 72.5 Å². The summed E-state index contributed by atoms with van der Waals surface area (Å²) in [5, 5.41) is 4.36. The maximum absolute atomic E-state index is 11.5. The Morgan fingerprint density at radius 1 is 1.00 bits per heavy atom. The second-order valence-electron chi connectivity index (χ2n) is 2.39. The highest BCUT2D eigenvalue weighted by molar-refractivity contribution is 4.57. The topological polar surface area (TPSA) is 24.1 Å². The van der Waals surface area contributed by atoms with Gasteiger partial charge >= 0.3 is 6.18 Å². The summed E-state index contributed by atoms with van der Waals surface area (Å²) in [6, 6.07) is 0. The fourth-order valence-electron chi connectivity index (χ4n) is 0.618. The van der Waals surface area contributed by atoms with Gasteiger partial charge in [-0.25, -0.2) is 8.78 Å². The van der Waals surface area contributed by atoms with E-state index in [0.29, 0.717) is 0 Å². The van der Waals surface area contributed by atoms with Crippen LogP contribution in [0.25, 0.3) is 0 Å². The molecule has 7 heteroatoms.